The normalized spacial score (nSPS) is 14.4. The molecule has 1 N–H and O–H groups in total. The molecule has 0 saturated carbocycles. The zero-order valence-electron chi connectivity index (χ0n) is 8.35. The summed E-state index contributed by atoms with van der Waals surface area (Å²) in [6, 6.07) is 10.2. The second-order valence-corrected chi connectivity index (χ2v) is 3.65. The fraction of sp³-hybridized carbons (Fsp3) is 0.273. The standard InChI is InChI=1S/C11H12N4/c1-2-5-9(6-3-1)10-13-14-11-12-7-4-8-15(10)11/h1-3,5-6H,4,7-8H2,(H,12,14). The summed E-state index contributed by atoms with van der Waals surface area (Å²) < 4.78 is 2.14. The number of aromatic nitrogens is 3. The highest BCUT2D eigenvalue weighted by atomic mass is 15.4. The van der Waals surface area contributed by atoms with Crippen molar-refractivity contribution in [1.29, 1.82) is 0 Å². The molecule has 76 valence electrons. The molecule has 0 spiro atoms. The molecule has 0 aliphatic carbocycles. The molecule has 4 nitrogen and oxygen atoms in total. The van der Waals surface area contributed by atoms with E-state index in [2.05, 4.69) is 32.2 Å². The van der Waals surface area contributed by atoms with Gasteiger partial charge in [-0.2, -0.15) is 0 Å². The van der Waals surface area contributed by atoms with Gasteiger partial charge in [-0.05, 0) is 6.42 Å². The summed E-state index contributed by atoms with van der Waals surface area (Å²) in [5, 5.41) is 11.6. The molecule has 4 heteroatoms. The van der Waals surface area contributed by atoms with Crippen molar-refractivity contribution in [2.24, 2.45) is 0 Å². The predicted octanol–water partition coefficient (Wildman–Crippen LogP) is 1.76. The smallest absolute Gasteiger partial charge is 0.224 e. The average molecular weight is 200 g/mol. The molecule has 0 radical (unpaired) electrons. The van der Waals surface area contributed by atoms with E-state index < -0.39 is 0 Å². The van der Waals surface area contributed by atoms with Crippen LogP contribution in [0.2, 0.25) is 0 Å². The van der Waals surface area contributed by atoms with E-state index in [9.17, 15) is 0 Å². The average Bonchev–Trinajstić information content (AvgIpc) is 2.74. The van der Waals surface area contributed by atoms with Gasteiger partial charge in [-0.15, -0.1) is 10.2 Å². The van der Waals surface area contributed by atoms with Crippen molar-refractivity contribution in [3.05, 3.63) is 30.3 Å². The van der Waals surface area contributed by atoms with Gasteiger partial charge in [0.15, 0.2) is 5.82 Å². The molecule has 0 fully saturated rings. The van der Waals surface area contributed by atoms with Crippen LogP contribution in [0.4, 0.5) is 5.95 Å². The van der Waals surface area contributed by atoms with E-state index in [1.807, 2.05) is 18.2 Å². The van der Waals surface area contributed by atoms with Crippen LogP contribution in [0.1, 0.15) is 6.42 Å². The van der Waals surface area contributed by atoms with Crippen LogP contribution < -0.4 is 5.32 Å². The van der Waals surface area contributed by atoms with Crippen LogP contribution in [0, 0.1) is 0 Å². The van der Waals surface area contributed by atoms with Crippen LogP contribution in [-0.2, 0) is 6.54 Å². The van der Waals surface area contributed by atoms with Gasteiger partial charge in [0.2, 0.25) is 5.95 Å². The highest BCUT2D eigenvalue weighted by Gasteiger charge is 2.15. The van der Waals surface area contributed by atoms with Crippen molar-refractivity contribution in [1.82, 2.24) is 14.8 Å². The lowest BCUT2D eigenvalue weighted by Gasteiger charge is -2.16. The van der Waals surface area contributed by atoms with E-state index in [0.717, 1.165) is 36.8 Å². The lowest BCUT2D eigenvalue weighted by atomic mass is 10.2. The SMILES string of the molecule is c1ccc(-c2nnc3n2CCCN3)cc1. The van der Waals surface area contributed by atoms with Crippen molar-refractivity contribution in [2.75, 3.05) is 11.9 Å². The van der Waals surface area contributed by atoms with Crippen LogP contribution in [0.25, 0.3) is 11.4 Å². The first-order valence-corrected chi connectivity index (χ1v) is 5.17. The molecule has 1 aromatic carbocycles. The highest BCUT2D eigenvalue weighted by molar-refractivity contribution is 5.57. The molecule has 1 aliphatic rings. The summed E-state index contributed by atoms with van der Waals surface area (Å²) >= 11 is 0. The summed E-state index contributed by atoms with van der Waals surface area (Å²) in [7, 11) is 0. The molecule has 0 saturated heterocycles. The number of benzene rings is 1. The van der Waals surface area contributed by atoms with Gasteiger partial charge < -0.3 is 5.32 Å². The Bertz CT molecular complexity index is 461. The number of rotatable bonds is 1. The van der Waals surface area contributed by atoms with E-state index in [4.69, 9.17) is 0 Å². The van der Waals surface area contributed by atoms with Crippen molar-refractivity contribution in [3.63, 3.8) is 0 Å². The first-order valence-electron chi connectivity index (χ1n) is 5.17. The Kier molecular flexibility index (Phi) is 1.91. The summed E-state index contributed by atoms with van der Waals surface area (Å²) in [5.41, 5.74) is 1.12. The minimum absolute atomic E-state index is 0.889. The topological polar surface area (TPSA) is 42.7 Å². The Morgan fingerprint density at radius 3 is 2.87 bits per heavy atom. The molecular weight excluding hydrogens is 188 g/mol. The third kappa shape index (κ3) is 1.38. The summed E-state index contributed by atoms with van der Waals surface area (Å²) in [4.78, 5) is 0. The quantitative estimate of drug-likeness (QED) is 0.762. The molecule has 0 amide bonds. The number of anilines is 1. The Hall–Kier alpha value is -1.84. The van der Waals surface area contributed by atoms with E-state index in [-0.39, 0.29) is 0 Å². The third-order valence-corrected chi connectivity index (χ3v) is 2.62. The zero-order chi connectivity index (χ0) is 10.1. The molecule has 0 bridgehead atoms. The molecule has 3 rings (SSSR count). The molecular formula is C11H12N4. The van der Waals surface area contributed by atoms with Crippen molar-refractivity contribution >= 4 is 5.95 Å². The van der Waals surface area contributed by atoms with Gasteiger partial charge in [-0.1, -0.05) is 30.3 Å². The number of hydrogen-bond donors (Lipinski definition) is 1. The largest absolute Gasteiger partial charge is 0.354 e. The van der Waals surface area contributed by atoms with E-state index in [1.165, 1.54) is 0 Å². The van der Waals surface area contributed by atoms with Crippen LogP contribution in [0.3, 0.4) is 0 Å². The van der Waals surface area contributed by atoms with Crippen molar-refractivity contribution in [2.45, 2.75) is 13.0 Å². The first kappa shape index (κ1) is 8.47. The van der Waals surface area contributed by atoms with Crippen LogP contribution in [0.5, 0.6) is 0 Å². The highest BCUT2D eigenvalue weighted by Crippen LogP contribution is 2.22. The molecule has 1 aliphatic heterocycles. The number of hydrogen-bond acceptors (Lipinski definition) is 3. The van der Waals surface area contributed by atoms with Crippen molar-refractivity contribution < 1.29 is 0 Å². The molecule has 0 unspecified atom stereocenters. The minimum atomic E-state index is 0.889. The van der Waals surface area contributed by atoms with Gasteiger partial charge in [0.1, 0.15) is 0 Å². The number of fused-ring (bicyclic) bond motifs is 1. The summed E-state index contributed by atoms with van der Waals surface area (Å²) in [6.07, 6.45) is 1.13. The predicted molar refractivity (Wildman–Crippen MR) is 58.6 cm³/mol. The summed E-state index contributed by atoms with van der Waals surface area (Å²) in [5.74, 6) is 1.85. The lowest BCUT2D eigenvalue weighted by Crippen LogP contribution is -2.17. The molecule has 2 aromatic rings. The third-order valence-electron chi connectivity index (χ3n) is 2.62. The second kappa shape index (κ2) is 3.38. The molecule has 0 atom stereocenters. The van der Waals surface area contributed by atoms with Gasteiger partial charge in [0, 0.05) is 18.7 Å². The minimum Gasteiger partial charge on any atom is -0.354 e. The Balaban J connectivity index is 2.09. The fourth-order valence-corrected chi connectivity index (χ4v) is 1.88. The number of nitrogens with zero attached hydrogens (tertiary/aromatic N) is 3. The van der Waals surface area contributed by atoms with E-state index in [0.29, 0.717) is 0 Å². The van der Waals surface area contributed by atoms with Crippen molar-refractivity contribution in [3.8, 4) is 11.4 Å². The van der Waals surface area contributed by atoms with Gasteiger partial charge in [0.05, 0.1) is 0 Å². The van der Waals surface area contributed by atoms with Crippen LogP contribution >= 0.6 is 0 Å². The van der Waals surface area contributed by atoms with Crippen LogP contribution in [-0.4, -0.2) is 21.3 Å². The second-order valence-electron chi connectivity index (χ2n) is 3.65. The van der Waals surface area contributed by atoms with Gasteiger partial charge in [0.25, 0.3) is 0 Å². The molecule has 2 heterocycles. The Morgan fingerprint density at radius 2 is 2.00 bits per heavy atom. The zero-order valence-corrected chi connectivity index (χ0v) is 8.35. The molecule has 15 heavy (non-hydrogen) atoms. The van der Waals surface area contributed by atoms with E-state index >= 15 is 0 Å². The summed E-state index contributed by atoms with van der Waals surface area (Å²) in [6.45, 7) is 1.99. The molecule has 1 aromatic heterocycles. The van der Waals surface area contributed by atoms with Gasteiger partial charge >= 0.3 is 0 Å². The fourth-order valence-electron chi connectivity index (χ4n) is 1.88. The monoisotopic (exact) mass is 200 g/mol. The Morgan fingerprint density at radius 1 is 1.13 bits per heavy atom. The Labute approximate surface area is 88.0 Å². The maximum Gasteiger partial charge on any atom is 0.224 e. The maximum absolute atomic E-state index is 4.22. The number of nitrogens with one attached hydrogen (secondary N) is 1. The maximum atomic E-state index is 4.22. The lowest BCUT2D eigenvalue weighted by molar-refractivity contribution is 0.631. The van der Waals surface area contributed by atoms with Gasteiger partial charge in [-0.3, -0.25) is 4.57 Å². The van der Waals surface area contributed by atoms with Gasteiger partial charge in [-0.25, -0.2) is 0 Å². The van der Waals surface area contributed by atoms with Crippen LogP contribution in [0.15, 0.2) is 30.3 Å². The first-order chi connectivity index (χ1) is 7.45. The van der Waals surface area contributed by atoms with E-state index in [1.54, 1.807) is 0 Å².